The predicted octanol–water partition coefficient (Wildman–Crippen LogP) is 3.54. The zero-order chi connectivity index (χ0) is 21.1. The molecule has 0 radical (unpaired) electrons. The molecule has 30 heavy (non-hydrogen) atoms. The molecule has 4 rings (SSSR count). The third-order valence-corrected chi connectivity index (χ3v) is 4.78. The number of fused-ring (bicyclic) bond motifs is 1. The lowest BCUT2D eigenvalue weighted by atomic mass is 10.1. The Labute approximate surface area is 173 Å². The van der Waals surface area contributed by atoms with E-state index < -0.39 is 0 Å². The molecule has 2 aromatic heterocycles. The highest BCUT2D eigenvalue weighted by Gasteiger charge is 2.12. The van der Waals surface area contributed by atoms with E-state index in [1.54, 1.807) is 40.0 Å². The molecule has 0 saturated heterocycles. The molecule has 0 spiro atoms. The molecule has 150 valence electrons. The van der Waals surface area contributed by atoms with Crippen LogP contribution >= 0.6 is 0 Å². The van der Waals surface area contributed by atoms with Gasteiger partial charge in [0.25, 0.3) is 5.56 Å². The highest BCUT2D eigenvalue weighted by Crippen LogP contribution is 2.17. The lowest BCUT2D eigenvalue weighted by Crippen LogP contribution is -2.21. The van der Waals surface area contributed by atoms with E-state index in [0.717, 1.165) is 16.8 Å². The maximum Gasteiger partial charge on any atom is 0.264 e. The smallest absolute Gasteiger partial charge is 0.264 e. The van der Waals surface area contributed by atoms with Crippen molar-refractivity contribution >= 4 is 11.0 Å². The van der Waals surface area contributed by atoms with Crippen LogP contribution in [0.4, 0.5) is 0 Å². The normalized spacial score (nSPS) is 10.8. The van der Waals surface area contributed by atoms with E-state index in [-0.39, 0.29) is 5.56 Å². The van der Waals surface area contributed by atoms with Crippen molar-refractivity contribution < 1.29 is 4.74 Å². The van der Waals surface area contributed by atoms with Gasteiger partial charge in [0, 0.05) is 6.54 Å². The Morgan fingerprint density at radius 1 is 1.13 bits per heavy atom. The van der Waals surface area contributed by atoms with E-state index in [1.807, 2.05) is 32.0 Å². The molecule has 0 fully saturated rings. The average molecular weight is 399 g/mol. The van der Waals surface area contributed by atoms with Gasteiger partial charge in [-0.3, -0.25) is 9.36 Å². The lowest BCUT2D eigenvalue weighted by Gasteiger charge is -2.09. The molecule has 0 saturated carbocycles. The number of hydrogen-bond acceptors (Lipinski definition) is 5. The summed E-state index contributed by atoms with van der Waals surface area (Å²) in [7, 11) is 0. The van der Waals surface area contributed by atoms with Crippen molar-refractivity contribution in [1.82, 2.24) is 19.3 Å². The van der Waals surface area contributed by atoms with Gasteiger partial charge in [0.2, 0.25) is 0 Å². The van der Waals surface area contributed by atoms with E-state index in [9.17, 15) is 4.79 Å². The molecular weight excluding hydrogens is 378 g/mol. The van der Waals surface area contributed by atoms with Crippen molar-refractivity contribution in [3.63, 3.8) is 0 Å². The first-order valence-corrected chi connectivity index (χ1v) is 9.70. The van der Waals surface area contributed by atoms with Gasteiger partial charge in [-0.25, -0.2) is 9.67 Å². The summed E-state index contributed by atoms with van der Waals surface area (Å²) in [5.41, 5.74) is 4.12. The predicted molar refractivity (Wildman–Crippen MR) is 114 cm³/mol. The molecular formula is C23H21N5O2. The molecule has 0 aliphatic heterocycles. The van der Waals surface area contributed by atoms with Gasteiger partial charge in [0.05, 0.1) is 36.5 Å². The van der Waals surface area contributed by atoms with Crippen LogP contribution in [-0.2, 0) is 6.54 Å². The number of ether oxygens (including phenoxy) is 1. The summed E-state index contributed by atoms with van der Waals surface area (Å²) in [6.07, 6.45) is 3.76. The summed E-state index contributed by atoms with van der Waals surface area (Å²) in [6, 6.07) is 15.2. The molecule has 0 bridgehead atoms. The fourth-order valence-corrected chi connectivity index (χ4v) is 3.45. The van der Waals surface area contributed by atoms with Crippen LogP contribution in [0.2, 0.25) is 0 Å². The fourth-order valence-electron chi connectivity index (χ4n) is 3.45. The van der Waals surface area contributed by atoms with Crippen LogP contribution in [0.1, 0.15) is 23.1 Å². The third kappa shape index (κ3) is 3.94. The van der Waals surface area contributed by atoms with E-state index >= 15 is 0 Å². The highest BCUT2D eigenvalue weighted by atomic mass is 16.5. The van der Waals surface area contributed by atoms with Gasteiger partial charge in [-0.1, -0.05) is 12.1 Å². The average Bonchev–Trinajstić information content (AvgIpc) is 3.17. The van der Waals surface area contributed by atoms with Crippen LogP contribution in [0.3, 0.4) is 0 Å². The SMILES string of the molecule is Cc1cc(C)cc(-n2ncc3c(=O)n(CCCOc4cccc(C#N)c4)cnc32)c1. The number of benzene rings is 2. The van der Waals surface area contributed by atoms with Crippen LogP contribution in [-0.4, -0.2) is 25.9 Å². The van der Waals surface area contributed by atoms with Crippen LogP contribution in [0.5, 0.6) is 5.75 Å². The molecule has 7 heteroatoms. The van der Waals surface area contributed by atoms with Crippen molar-refractivity contribution in [2.75, 3.05) is 6.61 Å². The second-order valence-corrected chi connectivity index (χ2v) is 7.22. The lowest BCUT2D eigenvalue weighted by molar-refractivity contribution is 0.300. The molecule has 0 N–H and O–H groups in total. The topological polar surface area (TPSA) is 85.7 Å². The summed E-state index contributed by atoms with van der Waals surface area (Å²) < 4.78 is 8.95. The minimum atomic E-state index is -0.123. The Morgan fingerprint density at radius 3 is 2.70 bits per heavy atom. The second kappa shape index (κ2) is 8.21. The van der Waals surface area contributed by atoms with Gasteiger partial charge in [-0.2, -0.15) is 10.4 Å². The number of nitrogens with zero attached hydrogens (tertiary/aromatic N) is 5. The first-order valence-electron chi connectivity index (χ1n) is 9.70. The van der Waals surface area contributed by atoms with Gasteiger partial charge in [0.15, 0.2) is 5.65 Å². The van der Waals surface area contributed by atoms with Crippen LogP contribution in [0, 0.1) is 25.2 Å². The molecule has 7 nitrogen and oxygen atoms in total. The largest absolute Gasteiger partial charge is 0.493 e. The van der Waals surface area contributed by atoms with Crippen LogP contribution in [0.25, 0.3) is 16.7 Å². The molecule has 0 unspecified atom stereocenters. The van der Waals surface area contributed by atoms with Crippen LogP contribution < -0.4 is 10.3 Å². The Kier molecular flexibility index (Phi) is 5.31. The van der Waals surface area contributed by atoms with Crippen LogP contribution in [0.15, 0.2) is 59.8 Å². The minimum Gasteiger partial charge on any atom is -0.493 e. The summed E-state index contributed by atoms with van der Waals surface area (Å²) in [5, 5.41) is 13.8. The Balaban J connectivity index is 1.49. The van der Waals surface area contributed by atoms with Crippen molar-refractivity contribution in [3.8, 4) is 17.5 Å². The number of nitriles is 1. The number of rotatable bonds is 6. The summed E-state index contributed by atoms with van der Waals surface area (Å²) >= 11 is 0. The highest BCUT2D eigenvalue weighted by molar-refractivity contribution is 5.75. The molecule has 0 aliphatic carbocycles. The quantitative estimate of drug-likeness (QED) is 0.463. The molecule has 0 amide bonds. The summed E-state index contributed by atoms with van der Waals surface area (Å²) in [6.45, 7) is 4.97. The Morgan fingerprint density at radius 2 is 1.93 bits per heavy atom. The van der Waals surface area contributed by atoms with Crippen molar-refractivity contribution in [1.29, 1.82) is 5.26 Å². The molecule has 4 aromatic rings. The van der Waals surface area contributed by atoms with E-state index in [4.69, 9.17) is 10.00 Å². The molecule has 2 aromatic carbocycles. The maximum absolute atomic E-state index is 12.8. The number of aryl methyl sites for hydroxylation is 3. The van der Waals surface area contributed by atoms with E-state index in [1.165, 1.54) is 0 Å². The maximum atomic E-state index is 12.8. The zero-order valence-electron chi connectivity index (χ0n) is 16.9. The minimum absolute atomic E-state index is 0.123. The van der Waals surface area contributed by atoms with Gasteiger partial charge < -0.3 is 4.74 Å². The fraction of sp³-hybridized carbons (Fsp3) is 0.217. The van der Waals surface area contributed by atoms with E-state index in [0.29, 0.717) is 41.9 Å². The van der Waals surface area contributed by atoms with Crippen molar-refractivity contribution in [2.24, 2.45) is 0 Å². The van der Waals surface area contributed by atoms with Crippen molar-refractivity contribution in [2.45, 2.75) is 26.8 Å². The van der Waals surface area contributed by atoms with Gasteiger partial charge in [-0.15, -0.1) is 0 Å². The standard InChI is InChI=1S/C23H21N5O2/c1-16-9-17(2)11-19(10-16)28-22-21(14-26-28)23(29)27(15-25-22)7-4-8-30-20-6-3-5-18(12-20)13-24/h3,5-6,9-12,14-15H,4,7-8H2,1-2H3. The first-order chi connectivity index (χ1) is 14.5. The van der Waals surface area contributed by atoms with E-state index in [2.05, 4.69) is 22.2 Å². The van der Waals surface area contributed by atoms with Gasteiger partial charge in [0.1, 0.15) is 11.1 Å². The summed E-state index contributed by atoms with van der Waals surface area (Å²) in [4.78, 5) is 17.3. The molecule has 0 aliphatic rings. The monoisotopic (exact) mass is 399 g/mol. The summed E-state index contributed by atoms with van der Waals surface area (Å²) in [5.74, 6) is 0.643. The Hall–Kier alpha value is -3.92. The zero-order valence-corrected chi connectivity index (χ0v) is 16.9. The Bertz CT molecular complexity index is 1290. The molecule has 0 atom stereocenters. The van der Waals surface area contributed by atoms with Crippen molar-refractivity contribution in [3.05, 3.63) is 82.0 Å². The second-order valence-electron chi connectivity index (χ2n) is 7.22. The first kappa shape index (κ1) is 19.4. The molecule has 2 heterocycles. The van der Waals surface area contributed by atoms with Gasteiger partial charge >= 0.3 is 0 Å². The third-order valence-electron chi connectivity index (χ3n) is 4.78. The number of aromatic nitrogens is 4. The van der Waals surface area contributed by atoms with Gasteiger partial charge in [-0.05, 0) is 61.7 Å². The number of hydrogen-bond donors (Lipinski definition) is 0.